The second-order valence-corrected chi connectivity index (χ2v) is 12.9. The van der Waals surface area contributed by atoms with Crippen molar-refractivity contribution in [3.63, 3.8) is 0 Å². The average Bonchev–Trinajstić information content (AvgIpc) is 2.95. The van der Waals surface area contributed by atoms with Gasteiger partial charge >= 0.3 is 0 Å². The van der Waals surface area contributed by atoms with Crippen LogP contribution in [0.1, 0.15) is 45.2 Å². The zero-order valence-corrected chi connectivity index (χ0v) is 26.2. The van der Waals surface area contributed by atoms with E-state index in [1.807, 2.05) is 40.7 Å². The maximum atomic E-state index is 14.2. The zero-order chi connectivity index (χ0) is 31.1. The molecule has 0 saturated heterocycles. The summed E-state index contributed by atoms with van der Waals surface area (Å²) in [5, 5.41) is 2.97. The molecule has 0 saturated carbocycles. The van der Waals surface area contributed by atoms with Gasteiger partial charge in [-0.15, -0.1) is 0 Å². The first-order chi connectivity index (χ1) is 19.8. The third kappa shape index (κ3) is 8.25. The molecule has 0 aliphatic carbocycles. The number of aryl methyl sites for hydroxylation is 1. The highest BCUT2D eigenvalue weighted by Gasteiger charge is 2.34. The van der Waals surface area contributed by atoms with Gasteiger partial charge in [-0.25, -0.2) is 8.42 Å². The molecular formula is C32H41N3O6S. The molecule has 2 amide bonds. The Balaban J connectivity index is 2.10. The van der Waals surface area contributed by atoms with Crippen molar-refractivity contribution in [2.75, 3.05) is 25.1 Å². The van der Waals surface area contributed by atoms with Crippen molar-refractivity contribution in [3.05, 3.63) is 83.9 Å². The first kappa shape index (κ1) is 32.5. The minimum absolute atomic E-state index is 0.0422. The Hall–Kier alpha value is -4.05. The van der Waals surface area contributed by atoms with Crippen LogP contribution in [0, 0.1) is 6.92 Å². The second-order valence-electron chi connectivity index (χ2n) is 11.1. The molecule has 226 valence electrons. The molecule has 3 aromatic carbocycles. The standard InChI is InChI=1S/C32H41N3O6S/c1-8-29(31(37)33-32(3,4)5)34(21-24-11-9-13-26(19-24)40-6)30(36)22-35(25-12-10-14-27(20-25)41-7)42(38,39)28-17-15-23(2)16-18-28/h9-20,29H,8,21-22H2,1-7H3,(H,33,37)/t29-/m1/s1. The Morgan fingerprint density at radius 3 is 2.07 bits per heavy atom. The average molecular weight is 596 g/mol. The van der Waals surface area contributed by atoms with Crippen LogP contribution >= 0.6 is 0 Å². The van der Waals surface area contributed by atoms with Gasteiger partial charge in [0.05, 0.1) is 24.8 Å². The smallest absolute Gasteiger partial charge is 0.264 e. The molecule has 0 bridgehead atoms. The Kier molecular flexibility index (Phi) is 10.6. The van der Waals surface area contributed by atoms with Gasteiger partial charge in [0.15, 0.2) is 0 Å². The molecule has 9 nitrogen and oxygen atoms in total. The summed E-state index contributed by atoms with van der Waals surface area (Å²) in [4.78, 5) is 29.2. The van der Waals surface area contributed by atoms with E-state index in [-0.39, 0.29) is 23.0 Å². The number of carbonyl (C=O) groups excluding carboxylic acids is 2. The number of carbonyl (C=O) groups is 2. The van der Waals surface area contributed by atoms with E-state index in [9.17, 15) is 18.0 Å². The minimum atomic E-state index is -4.18. The third-order valence-corrected chi connectivity index (χ3v) is 8.39. The van der Waals surface area contributed by atoms with Crippen LogP contribution in [0.3, 0.4) is 0 Å². The van der Waals surface area contributed by atoms with Gasteiger partial charge in [-0.2, -0.15) is 0 Å². The lowest BCUT2D eigenvalue weighted by molar-refractivity contribution is -0.141. The molecular weight excluding hydrogens is 554 g/mol. The van der Waals surface area contributed by atoms with Gasteiger partial charge in [-0.3, -0.25) is 13.9 Å². The van der Waals surface area contributed by atoms with Gasteiger partial charge in [0, 0.05) is 18.2 Å². The predicted molar refractivity (Wildman–Crippen MR) is 164 cm³/mol. The highest BCUT2D eigenvalue weighted by molar-refractivity contribution is 7.92. The Morgan fingerprint density at radius 2 is 1.50 bits per heavy atom. The van der Waals surface area contributed by atoms with Crippen LogP contribution < -0.4 is 19.1 Å². The van der Waals surface area contributed by atoms with Crippen LogP contribution in [-0.2, 0) is 26.2 Å². The summed E-state index contributed by atoms with van der Waals surface area (Å²) in [5.74, 6) is 0.183. The van der Waals surface area contributed by atoms with Gasteiger partial charge in [-0.05, 0) is 76.1 Å². The Morgan fingerprint density at radius 1 is 0.905 bits per heavy atom. The molecule has 0 radical (unpaired) electrons. The number of hydrogen-bond donors (Lipinski definition) is 1. The van der Waals surface area contributed by atoms with E-state index < -0.39 is 34.1 Å². The number of benzene rings is 3. The number of sulfonamides is 1. The normalized spacial score (nSPS) is 12.3. The number of rotatable bonds is 12. The van der Waals surface area contributed by atoms with E-state index in [2.05, 4.69) is 5.32 Å². The molecule has 42 heavy (non-hydrogen) atoms. The molecule has 0 spiro atoms. The fourth-order valence-electron chi connectivity index (χ4n) is 4.47. The van der Waals surface area contributed by atoms with Crippen molar-refractivity contribution < 1.29 is 27.5 Å². The summed E-state index contributed by atoms with van der Waals surface area (Å²) in [7, 11) is -1.14. The first-order valence-electron chi connectivity index (χ1n) is 13.8. The van der Waals surface area contributed by atoms with Gasteiger partial charge in [-0.1, -0.05) is 42.8 Å². The van der Waals surface area contributed by atoms with Crippen LogP contribution in [0.25, 0.3) is 0 Å². The predicted octanol–water partition coefficient (Wildman–Crippen LogP) is 4.93. The van der Waals surface area contributed by atoms with E-state index in [1.54, 1.807) is 61.7 Å². The van der Waals surface area contributed by atoms with E-state index in [0.717, 1.165) is 15.4 Å². The maximum Gasteiger partial charge on any atom is 0.264 e. The highest BCUT2D eigenvalue weighted by Crippen LogP contribution is 2.28. The summed E-state index contributed by atoms with van der Waals surface area (Å²) in [6, 6.07) is 19.3. The van der Waals surface area contributed by atoms with Gasteiger partial charge in [0.25, 0.3) is 10.0 Å². The Labute approximate surface area is 249 Å². The van der Waals surface area contributed by atoms with E-state index >= 15 is 0 Å². The molecule has 10 heteroatoms. The van der Waals surface area contributed by atoms with Crippen LogP contribution in [0.4, 0.5) is 5.69 Å². The lowest BCUT2D eigenvalue weighted by atomic mass is 10.1. The van der Waals surface area contributed by atoms with Gasteiger partial charge in [0.2, 0.25) is 11.8 Å². The molecule has 3 rings (SSSR count). The van der Waals surface area contributed by atoms with Crippen LogP contribution in [-0.4, -0.2) is 57.5 Å². The summed E-state index contributed by atoms with van der Waals surface area (Å²) in [5.41, 5.74) is 1.37. The van der Waals surface area contributed by atoms with Crippen molar-refractivity contribution >= 4 is 27.5 Å². The fraction of sp³-hybridized carbons (Fsp3) is 0.375. The first-order valence-corrected chi connectivity index (χ1v) is 15.2. The van der Waals surface area contributed by atoms with E-state index in [0.29, 0.717) is 17.9 Å². The number of amides is 2. The lowest BCUT2D eigenvalue weighted by Crippen LogP contribution is -2.55. The minimum Gasteiger partial charge on any atom is -0.497 e. The summed E-state index contributed by atoms with van der Waals surface area (Å²) in [6.07, 6.45) is 0.321. The Bertz CT molecular complexity index is 1480. The lowest BCUT2D eigenvalue weighted by Gasteiger charge is -2.35. The molecule has 1 atom stereocenters. The third-order valence-electron chi connectivity index (χ3n) is 6.60. The largest absolute Gasteiger partial charge is 0.497 e. The number of ether oxygens (including phenoxy) is 2. The summed E-state index contributed by atoms with van der Waals surface area (Å²) >= 11 is 0. The van der Waals surface area contributed by atoms with Crippen molar-refractivity contribution in [1.82, 2.24) is 10.2 Å². The van der Waals surface area contributed by atoms with Crippen LogP contribution in [0.15, 0.2) is 77.7 Å². The molecule has 0 aliphatic rings. The SMILES string of the molecule is CC[C@H](C(=O)NC(C)(C)C)N(Cc1cccc(OC)c1)C(=O)CN(c1cccc(OC)c1)S(=O)(=O)c1ccc(C)cc1. The van der Waals surface area contributed by atoms with Crippen molar-refractivity contribution in [2.24, 2.45) is 0 Å². The van der Waals surface area contributed by atoms with E-state index in [4.69, 9.17) is 9.47 Å². The maximum absolute atomic E-state index is 14.2. The van der Waals surface area contributed by atoms with Crippen LogP contribution in [0.5, 0.6) is 11.5 Å². The topological polar surface area (TPSA) is 105 Å². The van der Waals surface area contributed by atoms with Crippen molar-refractivity contribution in [3.8, 4) is 11.5 Å². The molecule has 0 fully saturated rings. The zero-order valence-electron chi connectivity index (χ0n) is 25.4. The van der Waals surface area contributed by atoms with Gasteiger partial charge in [0.1, 0.15) is 24.1 Å². The number of methoxy groups -OCH3 is 2. The number of nitrogens with zero attached hydrogens (tertiary/aromatic N) is 2. The van der Waals surface area contributed by atoms with Crippen molar-refractivity contribution in [2.45, 2.75) is 64.1 Å². The summed E-state index contributed by atoms with van der Waals surface area (Å²) in [6.45, 7) is 8.82. The molecule has 0 aliphatic heterocycles. The fourth-order valence-corrected chi connectivity index (χ4v) is 5.88. The number of hydrogen-bond acceptors (Lipinski definition) is 6. The van der Waals surface area contributed by atoms with E-state index in [1.165, 1.54) is 24.1 Å². The summed E-state index contributed by atoms with van der Waals surface area (Å²) < 4.78 is 39.8. The molecule has 0 aromatic heterocycles. The quantitative estimate of drug-likeness (QED) is 0.318. The number of anilines is 1. The monoisotopic (exact) mass is 595 g/mol. The molecule has 0 heterocycles. The molecule has 0 unspecified atom stereocenters. The van der Waals surface area contributed by atoms with Gasteiger partial charge < -0.3 is 19.7 Å². The van der Waals surface area contributed by atoms with Crippen molar-refractivity contribution in [1.29, 1.82) is 0 Å². The number of nitrogens with one attached hydrogen (secondary N) is 1. The molecule has 1 N–H and O–H groups in total. The van der Waals surface area contributed by atoms with Crippen LogP contribution in [0.2, 0.25) is 0 Å². The molecule has 3 aromatic rings. The second kappa shape index (κ2) is 13.7. The highest BCUT2D eigenvalue weighted by atomic mass is 32.2.